The lowest BCUT2D eigenvalue weighted by Gasteiger charge is -2.37. The maximum absolute atomic E-state index is 14.7. The Kier molecular flexibility index (Phi) is 20.4. The zero-order valence-corrected chi connectivity index (χ0v) is 54.1. The molecule has 0 radical (unpaired) electrons. The van der Waals surface area contributed by atoms with E-state index in [4.69, 9.17) is 14.2 Å². The number of morpholine rings is 2. The minimum Gasteiger partial charge on any atom is -0.381 e. The van der Waals surface area contributed by atoms with Crippen LogP contribution in [-0.2, 0) is 14.2 Å². The number of nitrogens with zero attached hydrogens (tertiary/aromatic N) is 12. The number of fused-ring (bicyclic) bond motifs is 2. The first kappa shape index (κ1) is 66.1. The highest BCUT2D eigenvalue weighted by Gasteiger charge is 2.40. The van der Waals surface area contributed by atoms with Gasteiger partial charge in [-0.3, -0.25) is 37.4 Å². The van der Waals surface area contributed by atoms with E-state index in [0.29, 0.717) is 111 Å². The number of ether oxygens (including phenoxy) is 3. The molecule has 92 heavy (non-hydrogen) atoms. The smallest absolute Gasteiger partial charge is 0.258 e. The summed E-state index contributed by atoms with van der Waals surface area (Å²) in [5.41, 5.74) is 6.15. The van der Waals surface area contributed by atoms with Gasteiger partial charge in [0.2, 0.25) is 0 Å². The van der Waals surface area contributed by atoms with E-state index in [2.05, 4.69) is 24.8 Å². The Morgan fingerprint density at radius 3 is 1.09 bits per heavy atom. The maximum Gasteiger partial charge on any atom is 0.258 e. The monoisotopic (exact) mass is 1260 g/mol. The molecule has 2 bridgehead atoms. The second-order valence-corrected chi connectivity index (χ2v) is 24.3. The molecule has 5 saturated heterocycles. The lowest BCUT2D eigenvalue weighted by molar-refractivity contribution is -0.00539. The molecule has 19 nitrogen and oxygen atoms in total. The highest BCUT2D eigenvalue weighted by Crippen LogP contribution is 2.35. The van der Waals surface area contributed by atoms with Gasteiger partial charge in [-0.25, -0.2) is 37.5 Å². The van der Waals surface area contributed by atoms with Gasteiger partial charge in [-0.05, 0) is 150 Å². The molecule has 0 N–H and O–H groups in total. The maximum atomic E-state index is 14.7. The molecule has 4 aromatic heterocycles. The molecule has 0 amide bonds. The largest absolute Gasteiger partial charge is 0.381 e. The van der Waals surface area contributed by atoms with Crippen molar-refractivity contribution in [2.24, 2.45) is 0 Å². The summed E-state index contributed by atoms with van der Waals surface area (Å²) in [6.07, 6.45) is 5.51. The molecule has 8 aromatic rings. The minimum absolute atomic E-state index is 0.0546. The first-order valence-corrected chi connectivity index (χ1v) is 31.2. The summed E-state index contributed by atoms with van der Waals surface area (Å²) in [7, 11) is 1.71. The Labute approximate surface area is 532 Å². The fourth-order valence-corrected chi connectivity index (χ4v) is 13.1. The number of hydrogen-bond donors (Lipinski definition) is 0. The van der Waals surface area contributed by atoms with Crippen LogP contribution in [0, 0.1) is 78.7 Å². The molecule has 5 aliphatic rings. The second kappa shape index (κ2) is 28.4. The summed E-state index contributed by atoms with van der Waals surface area (Å²) >= 11 is 0. The van der Waals surface area contributed by atoms with Gasteiger partial charge in [0.1, 0.15) is 46.6 Å². The second-order valence-electron chi connectivity index (χ2n) is 24.3. The number of halogens is 4. The lowest BCUT2D eigenvalue weighted by Crippen LogP contribution is -2.45. The molecule has 23 heteroatoms. The SMILES string of the molecule is COC1CCN(c2ccc(-n3c(C)nc(C)cc3=O)cc2F)CC1.Cc1cc(=O)n(-c2ccc(N3CC4CC3CO4)c(F)c2)c(C)n1.Cc1cc(=O)n(-c2ccc(N3CCCC3)c(F)c2)c(C)n1.Cc1cc(=O)n(-c2ccc(N3C[C@H](C)O[C@@H](C)C3)c(F)c2)c(C)n1. The lowest BCUT2D eigenvalue weighted by atomic mass is 10.1. The number of piperidine rings is 1. The molecule has 13 rings (SSSR count). The van der Waals surface area contributed by atoms with Crippen LogP contribution in [0.2, 0.25) is 0 Å². The van der Waals surface area contributed by atoms with Crippen LogP contribution in [0.15, 0.2) is 116 Å². The van der Waals surface area contributed by atoms with Crippen LogP contribution in [0.4, 0.5) is 40.3 Å². The molecule has 4 aromatic carbocycles. The molecule has 5 aliphatic heterocycles. The fraction of sp³-hybridized carbons (Fsp3) is 0.420. The summed E-state index contributed by atoms with van der Waals surface area (Å²) in [5, 5.41) is 0. The number of methoxy groups -OCH3 is 1. The van der Waals surface area contributed by atoms with E-state index in [1.165, 1.54) is 66.8 Å². The van der Waals surface area contributed by atoms with Crippen molar-refractivity contribution in [3.63, 3.8) is 0 Å². The van der Waals surface area contributed by atoms with Crippen molar-refractivity contribution in [2.45, 2.75) is 132 Å². The topological polar surface area (TPSA) is 180 Å². The Balaban J connectivity index is 0.000000135. The third-order valence-electron chi connectivity index (χ3n) is 17.1. The molecule has 5 fully saturated rings. The van der Waals surface area contributed by atoms with Crippen LogP contribution in [0.3, 0.4) is 0 Å². The molecular formula is C69H80F4N12O7. The summed E-state index contributed by atoms with van der Waals surface area (Å²) in [6, 6.07) is 25.7. The van der Waals surface area contributed by atoms with Crippen molar-refractivity contribution < 1.29 is 31.8 Å². The van der Waals surface area contributed by atoms with Gasteiger partial charge in [-0.2, -0.15) is 0 Å². The number of aromatic nitrogens is 8. The van der Waals surface area contributed by atoms with E-state index in [0.717, 1.165) is 64.8 Å². The van der Waals surface area contributed by atoms with Gasteiger partial charge in [-0.15, -0.1) is 0 Å². The van der Waals surface area contributed by atoms with E-state index < -0.39 is 0 Å². The number of benzene rings is 4. The third-order valence-corrected chi connectivity index (χ3v) is 17.1. The van der Waals surface area contributed by atoms with Gasteiger partial charge < -0.3 is 33.8 Å². The van der Waals surface area contributed by atoms with Crippen LogP contribution in [0.5, 0.6) is 0 Å². The van der Waals surface area contributed by atoms with Gasteiger partial charge >= 0.3 is 0 Å². The molecule has 4 atom stereocenters. The quantitative estimate of drug-likeness (QED) is 0.125. The normalized spacial score (nSPS) is 18.7. The van der Waals surface area contributed by atoms with E-state index in [1.807, 2.05) is 28.5 Å². The number of rotatable bonds is 9. The first-order chi connectivity index (χ1) is 43.9. The predicted molar refractivity (Wildman–Crippen MR) is 348 cm³/mol. The summed E-state index contributed by atoms with van der Waals surface area (Å²) in [4.78, 5) is 74.0. The average molecular weight is 1270 g/mol. The third kappa shape index (κ3) is 14.9. The van der Waals surface area contributed by atoms with Crippen molar-refractivity contribution in [3.8, 4) is 22.7 Å². The Hall–Kier alpha value is -8.80. The molecule has 486 valence electrons. The van der Waals surface area contributed by atoms with Crippen LogP contribution in [-0.4, -0.2) is 128 Å². The van der Waals surface area contributed by atoms with E-state index >= 15 is 0 Å². The number of hydrogen-bond acceptors (Lipinski definition) is 15. The zero-order chi connectivity index (χ0) is 65.8. The van der Waals surface area contributed by atoms with Crippen LogP contribution >= 0.6 is 0 Å². The summed E-state index contributed by atoms with van der Waals surface area (Å²) in [6.45, 7) is 24.0. The van der Waals surface area contributed by atoms with Crippen LogP contribution in [0.25, 0.3) is 22.7 Å². The Morgan fingerprint density at radius 1 is 0.446 bits per heavy atom. The predicted octanol–water partition coefficient (Wildman–Crippen LogP) is 9.76. The Bertz CT molecular complexity index is 4250. The zero-order valence-electron chi connectivity index (χ0n) is 54.1. The van der Waals surface area contributed by atoms with Gasteiger partial charge in [0.15, 0.2) is 0 Å². The van der Waals surface area contributed by atoms with E-state index in [-0.39, 0.29) is 76.0 Å². The highest BCUT2D eigenvalue weighted by molar-refractivity contribution is 5.57. The van der Waals surface area contributed by atoms with Crippen molar-refractivity contribution >= 4 is 22.7 Å². The van der Waals surface area contributed by atoms with Gasteiger partial charge in [0.25, 0.3) is 22.2 Å². The number of aryl methyl sites for hydroxylation is 8. The van der Waals surface area contributed by atoms with E-state index in [1.54, 1.807) is 111 Å². The van der Waals surface area contributed by atoms with Crippen LogP contribution in [0.1, 0.15) is 92.0 Å². The average Bonchev–Trinajstić information content (AvgIpc) is 1.43. The summed E-state index contributed by atoms with van der Waals surface area (Å²) < 4.78 is 80.6. The minimum atomic E-state index is -0.347. The number of anilines is 4. The van der Waals surface area contributed by atoms with Crippen molar-refractivity contribution in [3.05, 3.63) is 208 Å². The van der Waals surface area contributed by atoms with Crippen LogP contribution < -0.4 is 41.8 Å². The van der Waals surface area contributed by atoms with Gasteiger partial charge in [-0.1, -0.05) is 0 Å². The van der Waals surface area contributed by atoms with Crippen molar-refractivity contribution in [1.82, 2.24) is 38.2 Å². The molecule has 0 aliphatic carbocycles. The fourth-order valence-electron chi connectivity index (χ4n) is 13.1. The molecular weight excluding hydrogens is 1180 g/mol. The van der Waals surface area contributed by atoms with Crippen molar-refractivity contribution in [1.29, 1.82) is 0 Å². The van der Waals surface area contributed by atoms with E-state index in [9.17, 15) is 36.7 Å². The molecule has 2 unspecified atom stereocenters. The molecule has 9 heterocycles. The summed E-state index contributed by atoms with van der Waals surface area (Å²) in [5.74, 6) is 0.928. The van der Waals surface area contributed by atoms with Gasteiger partial charge in [0.05, 0.1) is 82.6 Å². The Morgan fingerprint density at radius 2 is 0.783 bits per heavy atom. The van der Waals surface area contributed by atoms with Gasteiger partial charge in [0, 0.05) is 124 Å². The molecule has 0 saturated carbocycles. The molecule has 0 spiro atoms. The van der Waals surface area contributed by atoms with Crippen molar-refractivity contribution in [2.75, 3.05) is 79.1 Å². The first-order valence-electron chi connectivity index (χ1n) is 31.2. The highest BCUT2D eigenvalue weighted by atomic mass is 19.1. The standard InChI is InChI=1S/2C18H22FN3O2.C17H18FN3O2.C16H18FN3O/c1-11-7-18(23)22(14(4)20-11)15-5-6-17(16(19)8-15)21-9-12(2)24-13(3)10-21;1-12-10-18(23)22(13(2)20-12)14-4-5-17(16(19)11-14)21-8-6-15(24-3)7-9-21;1-10-5-17(22)21(11(2)19-10)12-3-4-16(15(18)7-12)20-8-14-6-13(20)9-23-14;1-11-9-16(21)20(12(2)18-11)13-5-6-15(14(17)10-13)19-7-3-4-8-19/h5-8,12-13H,9-10H2,1-4H3;4-5,10-11,15H,6-9H2,1-3H3;3-5,7,13-14H,6,8-9H2,1-2H3;5-6,9-10H,3-4,7-8H2,1-2H3/t12-,13-;;;/m0.../s1.